The molecule has 0 radical (unpaired) electrons. The van der Waals surface area contributed by atoms with Gasteiger partial charge in [-0.2, -0.15) is 0 Å². The summed E-state index contributed by atoms with van der Waals surface area (Å²) in [6.07, 6.45) is 0. The van der Waals surface area contributed by atoms with Crippen molar-refractivity contribution < 1.29 is 0 Å². The van der Waals surface area contributed by atoms with Crippen LogP contribution in [0.5, 0.6) is 0 Å². The fourth-order valence-electron chi connectivity index (χ4n) is 3.54. The summed E-state index contributed by atoms with van der Waals surface area (Å²) in [5.74, 6) is 0. The average Bonchev–Trinajstić information content (AvgIpc) is 2.55. The summed E-state index contributed by atoms with van der Waals surface area (Å²) in [5, 5.41) is 0. The lowest BCUT2D eigenvalue weighted by Crippen LogP contribution is -2.55. The molecular weight excluding hydrogens is 268 g/mol. The van der Waals surface area contributed by atoms with Crippen LogP contribution in [-0.4, -0.2) is 42.0 Å². The Balaban J connectivity index is 1.96. The Morgan fingerprint density at radius 3 is 1.59 bits per heavy atom. The molecule has 0 N–H and O–H groups in total. The average molecular weight is 294 g/mol. The summed E-state index contributed by atoms with van der Waals surface area (Å²) in [7, 11) is 2.24. The number of hydrogen-bond acceptors (Lipinski definition) is 2. The van der Waals surface area contributed by atoms with Crippen LogP contribution in [-0.2, 0) is 0 Å². The molecule has 1 heterocycles. The summed E-state index contributed by atoms with van der Waals surface area (Å²) in [6, 6.07) is 23.3. The number of piperazine rings is 1. The van der Waals surface area contributed by atoms with Crippen LogP contribution in [0.15, 0.2) is 60.7 Å². The van der Waals surface area contributed by atoms with Gasteiger partial charge in [0.25, 0.3) is 0 Å². The van der Waals surface area contributed by atoms with E-state index in [1.165, 1.54) is 11.1 Å². The molecule has 1 aliphatic heterocycles. The van der Waals surface area contributed by atoms with Crippen molar-refractivity contribution in [2.24, 2.45) is 0 Å². The van der Waals surface area contributed by atoms with Gasteiger partial charge in [-0.05, 0) is 32.0 Å². The summed E-state index contributed by atoms with van der Waals surface area (Å²) in [6.45, 7) is 6.87. The Labute approximate surface area is 134 Å². The molecule has 3 rings (SSSR count). The van der Waals surface area contributed by atoms with Gasteiger partial charge in [0.2, 0.25) is 0 Å². The van der Waals surface area contributed by atoms with Gasteiger partial charge < -0.3 is 0 Å². The normalized spacial score (nSPS) is 23.8. The maximum atomic E-state index is 2.64. The van der Waals surface area contributed by atoms with Gasteiger partial charge in [0, 0.05) is 25.2 Å². The Hall–Kier alpha value is -1.64. The molecule has 1 saturated heterocycles. The van der Waals surface area contributed by atoms with Crippen LogP contribution in [0.3, 0.4) is 0 Å². The molecule has 22 heavy (non-hydrogen) atoms. The van der Waals surface area contributed by atoms with E-state index in [-0.39, 0.29) is 0 Å². The number of likely N-dealkylation sites (N-methyl/N-ethyl adjacent to an activating group) is 1. The van der Waals surface area contributed by atoms with Crippen molar-refractivity contribution in [3.63, 3.8) is 0 Å². The first kappa shape index (κ1) is 15.3. The van der Waals surface area contributed by atoms with E-state index in [0.717, 1.165) is 13.1 Å². The predicted molar refractivity (Wildman–Crippen MR) is 93.0 cm³/mol. The van der Waals surface area contributed by atoms with Crippen molar-refractivity contribution in [2.75, 3.05) is 20.1 Å². The third-order valence-corrected chi connectivity index (χ3v) is 4.98. The first-order chi connectivity index (χ1) is 10.7. The molecule has 2 aromatic carbocycles. The Kier molecular flexibility index (Phi) is 4.60. The van der Waals surface area contributed by atoms with Crippen molar-refractivity contribution in [2.45, 2.75) is 32.0 Å². The van der Waals surface area contributed by atoms with E-state index in [1.54, 1.807) is 0 Å². The van der Waals surface area contributed by atoms with Gasteiger partial charge in [-0.25, -0.2) is 0 Å². The molecular formula is C20H26N2. The van der Waals surface area contributed by atoms with Gasteiger partial charge in [0.1, 0.15) is 0 Å². The molecule has 0 saturated carbocycles. The minimum atomic E-state index is 0.348. The van der Waals surface area contributed by atoms with E-state index in [0.29, 0.717) is 18.1 Å². The molecule has 2 atom stereocenters. The summed E-state index contributed by atoms with van der Waals surface area (Å²) >= 11 is 0. The molecule has 1 fully saturated rings. The smallest absolute Gasteiger partial charge is 0.0602 e. The highest BCUT2D eigenvalue weighted by molar-refractivity contribution is 5.32. The second-order valence-electron chi connectivity index (χ2n) is 6.54. The van der Waals surface area contributed by atoms with Gasteiger partial charge in [-0.3, -0.25) is 9.80 Å². The molecule has 1 aliphatic rings. The first-order valence-electron chi connectivity index (χ1n) is 8.22. The third kappa shape index (κ3) is 3.08. The fraction of sp³-hybridized carbons (Fsp3) is 0.400. The monoisotopic (exact) mass is 294 g/mol. The second kappa shape index (κ2) is 6.64. The van der Waals surface area contributed by atoms with Gasteiger partial charge >= 0.3 is 0 Å². The van der Waals surface area contributed by atoms with E-state index in [1.807, 2.05) is 0 Å². The van der Waals surface area contributed by atoms with E-state index in [9.17, 15) is 0 Å². The van der Waals surface area contributed by atoms with Crippen molar-refractivity contribution in [1.82, 2.24) is 9.80 Å². The Bertz CT molecular complexity index is 530. The second-order valence-corrected chi connectivity index (χ2v) is 6.54. The van der Waals surface area contributed by atoms with Gasteiger partial charge in [0.05, 0.1) is 6.04 Å². The Morgan fingerprint density at radius 1 is 0.773 bits per heavy atom. The zero-order chi connectivity index (χ0) is 15.5. The van der Waals surface area contributed by atoms with Gasteiger partial charge in [-0.1, -0.05) is 60.7 Å². The van der Waals surface area contributed by atoms with Crippen LogP contribution in [0.2, 0.25) is 0 Å². The van der Waals surface area contributed by atoms with E-state index >= 15 is 0 Å². The maximum Gasteiger partial charge on any atom is 0.0602 e. The summed E-state index contributed by atoms with van der Waals surface area (Å²) in [4.78, 5) is 5.13. The number of rotatable bonds is 3. The van der Waals surface area contributed by atoms with Crippen LogP contribution >= 0.6 is 0 Å². The van der Waals surface area contributed by atoms with E-state index in [2.05, 4.69) is 91.4 Å². The van der Waals surface area contributed by atoms with Gasteiger partial charge in [0.15, 0.2) is 0 Å². The number of nitrogens with zero attached hydrogens (tertiary/aromatic N) is 2. The number of hydrogen-bond donors (Lipinski definition) is 0. The molecule has 0 bridgehead atoms. The zero-order valence-corrected chi connectivity index (χ0v) is 13.8. The van der Waals surface area contributed by atoms with Crippen molar-refractivity contribution in [3.05, 3.63) is 71.8 Å². The lowest BCUT2D eigenvalue weighted by molar-refractivity contribution is 0.0428. The molecule has 0 aromatic heterocycles. The molecule has 2 heteroatoms. The largest absolute Gasteiger partial charge is 0.298 e. The minimum Gasteiger partial charge on any atom is -0.298 e. The van der Waals surface area contributed by atoms with Crippen LogP contribution in [0.1, 0.15) is 31.0 Å². The summed E-state index contributed by atoms with van der Waals surface area (Å²) < 4.78 is 0. The van der Waals surface area contributed by atoms with Crippen LogP contribution in [0.4, 0.5) is 0 Å². The van der Waals surface area contributed by atoms with Gasteiger partial charge in [-0.15, -0.1) is 0 Å². The Morgan fingerprint density at radius 2 is 1.18 bits per heavy atom. The van der Waals surface area contributed by atoms with Crippen molar-refractivity contribution in [3.8, 4) is 0 Å². The van der Waals surface area contributed by atoms with Crippen LogP contribution in [0, 0.1) is 0 Å². The molecule has 2 unspecified atom stereocenters. The van der Waals surface area contributed by atoms with Crippen molar-refractivity contribution >= 4 is 0 Å². The number of benzene rings is 2. The van der Waals surface area contributed by atoms with Crippen molar-refractivity contribution in [1.29, 1.82) is 0 Å². The fourth-order valence-corrected chi connectivity index (χ4v) is 3.54. The van der Waals surface area contributed by atoms with E-state index in [4.69, 9.17) is 0 Å². The highest BCUT2D eigenvalue weighted by Crippen LogP contribution is 2.31. The third-order valence-electron chi connectivity index (χ3n) is 4.98. The molecule has 116 valence electrons. The predicted octanol–water partition coefficient (Wildman–Crippen LogP) is 3.80. The lowest BCUT2D eigenvalue weighted by atomic mass is 9.94. The van der Waals surface area contributed by atoms with Crippen LogP contribution in [0.25, 0.3) is 0 Å². The maximum absolute atomic E-state index is 2.64. The molecule has 2 aromatic rings. The molecule has 0 spiro atoms. The van der Waals surface area contributed by atoms with E-state index < -0.39 is 0 Å². The minimum absolute atomic E-state index is 0.348. The molecule has 0 aliphatic carbocycles. The molecule has 0 amide bonds. The zero-order valence-electron chi connectivity index (χ0n) is 13.8. The summed E-state index contributed by atoms with van der Waals surface area (Å²) in [5.41, 5.74) is 2.77. The van der Waals surface area contributed by atoms with Crippen LogP contribution < -0.4 is 0 Å². The highest BCUT2D eigenvalue weighted by Gasteiger charge is 2.32. The molecule has 2 nitrogen and oxygen atoms in total. The lowest BCUT2D eigenvalue weighted by Gasteiger charge is -2.46. The highest BCUT2D eigenvalue weighted by atomic mass is 15.3. The quantitative estimate of drug-likeness (QED) is 0.849. The first-order valence-corrected chi connectivity index (χ1v) is 8.22. The topological polar surface area (TPSA) is 6.48 Å². The standard InChI is InChI=1S/C20H26N2/c1-16-14-22(15-17(2)21(16)3)20(18-10-6-4-7-11-18)19-12-8-5-9-13-19/h4-13,16-17,20H,14-15H2,1-3H3. The SMILES string of the molecule is CC1CN(C(c2ccccc2)c2ccccc2)CC(C)N1C.